The van der Waals surface area contributed by atoms with Crippen LogP contribution in [0.5, 0.6) is 11.5 Å². The van der Waals surface area contributed by atoms with Gasteiger partial charge in [0, 0.05) is 32.6 Å². The number of ether oxygens (including phenoxy) is 1. The molecule has 5 amide bonds. The van der Waals surface area contributed by atoms with E-state index in [0.717, 1.165) is 0 Å². The van der Waals surface area contributed by atoms with Crippen LogP contribution in [0.25, 0.3) is 0 Å². The Morgan fingerprint density at radius 2 is 1.40 bits per heavy atom. The van der Waals surface area contributed by atoms with Gasteiger partial charge in [-0.05, 0) is 29.8 Å². The molecule has 2 aromatic carbocycles. The number of nitrogens with one attached hydrogen (secondary N) is 2. The third-order valence-corrected chi connectivity index (χ3v) is 6.02. The second-order valence-corrected chi connectivity index (χ2v) is 8.15. The number of carboxylic acid groups (broad SMARTS) is 1. The van der Waals surface area contributed by atoms with Gasteiger partial charge in [-0.1, -0.05) is 30.3 Å². The Bertz CT molecular complexity index is 1120. The normalized spacial score (nSPS) is 17.9. The molecule has 0 atom stereocenters. The summed E-state index contributed by atoms with van der Waals surface area (Å²) in [7, 11) is 0. The second kappa shape index (κ2) is 9.94. The fourth-order valence-electron chi connectivity index (χ4n) is 4.31. The van der Waals surface area contributed by atoms with Crippen LogP contribution in [0.1, 0.15) is 18.4 Å². The molecule has 182 valence electrons. The van der Waals surface area contributed by atoms with Gasteiger partial charge in [0.15, 0.2) is 0 Å². The largest absolute Gasteiger partial charge is 0.481 e. The van der Waals surface area contributed by atoms with Crippen LogP contribution in [0, 0.1) is 0 Å². The van der Waals surface area contributed by atoms with Gasteiger partial charge in [0.1, 0.15) is 11.5 Å². The average molecular weight is 480 g/mol. The molecule has 2 aliphatic rings. The Morgan fingerprint density at radius 1 is 0.829 bits per heavy atom. The molecule has 2 aromatic rings. The van der Waals surface area contributed by atoms with E-state index in [1.165, 1.54) is 4.90 Å². The highest BCUT2D eigenvalue weighted by atomic mass is 16.5. The van der Waals surface area contributed by atoms with E-state index in [9.17, 15) is 24.0 Å². The molecular weight excluding hydrogens is 456 g/mol. The molecule has 0 aliphatic carbocycles. The summed E-state index contributed by atoms with van der Waals surface area (Å²) in [5.41, 5.74) is -1.49. The summed E-state index contributed by atoms with van der Waals surface area (Å²) in [6.07, 6.45) is -0.397. The Morgan fingerprint density at radius 3 is 1.97 bits per heavy atom. The summed E-state index contributed by atoms with van der Waals surface area (Å²) in [5.74, 6) is -1.82. The van der Waals surface area contributed by atoms with E-state index in [1.54, 1.807) is 41.3 Å². The number of imide groups is 2. The van der Waals surface area contributed by atoms with Gasteiger partial charge < -0.3 is 14.7 Å². The smallest absolute Gasteiger partial charge is 0.328 e. The first-order valence-electron chi connectivity index (χ1n) is 11.1. The van der Waals surface area contributed by atoms with Gasteiger partial charge >= 0.3 is 12.0 Å². The lowest BCUT2D eigenvalue weighted by atomic mass is 9.84. The maximum atomic E-state index is 13.2. The Hall–Kier alpha value is -4.25. The summed E-state index contributed by atoms with van der Waals surface area (Å²) in [6, 6.07) is 14.7. The van der Waals surface area contributed by atoms with Crippen LogP contribution in [-0.2, 0) is 24.7 Å². The molecule has 11 heteroatoms. The number of aliphatic carboxylic acids is 1. The molecule has 4 rings (SSSR count). The first-order chi connectivity index (χ1) is 16.8. The van der Waals surface area contributed by atoms with Gasteiger partial charge in [-0.25, -0.2) is 4.79 Å². The minimum Gasteiger partial charge on any atom is -0.481 e. The number of amides is 5. The van der Waals surface area contributed by atoms with Crippen molar-refractivity contribution in [3.63, 3.8) is 0 Å². The molecule has 2 fully saturated rings. The lowest BCUT2D eigenvalue weighted by Gasteiger charge is -2.46. The molecule has 35 heavy (non-hydrogen) atoms. The maximum absolute atomic E-state index is 13.2. The molecule has 2 aliphatic heterocycles. The van der Waals surface area contributed by atoms with E-state index in [-0.39, 0.29) is 44.9 Å². The molecule has 2 heterocycles. The minimum atomic E-state index is -1.82. The van der Waals surface area contributed by atoms with Crippen molar-refractivity contribution in [2.45, 2.75) is 18.4 Å². The van der Waals surface area contributed by atoms with Crippen molar-refractivity contribution in [2.24, 2.45) is 0 Å². The van der Waals surface area contributed by atoms with Gasteiger partial charge in [-0.3, -0.25) is 34.7 Å². The van der Waals surface area contributed by atoms with Gasteiger partial charge in [-0.2, -0.15) is 0 Å². The fraction of sp³-hybridized carbons (Fsp3) is 0.292. The van der Waals surface area contributed by atoms with Crippen LogP contribution < -0.4 is 15.4 Å². The Labute approximate surface area is 200 Å². The molecule has 0 spiro atoms. The van der Waals surface area contributed by atoms with Crippen molar-refractivity contribution < 1.29 is 33.8 Å². The number of piperazine rings is 1. The van der Waals surface area contributed by atoms with E-state index < -0.39 is 29.4 Å². The van der Waals surface area contributed by atoms with E-state index in [1.807, 2.05) is 18.2 Å². The summed E-state index contributed by atoms with van der Waals surface area (Å²) in [5, 5.41) is 13.2. The van der Waals surface area contributed by atoms with Crippen molar-refractivity contribution in [3.05, 3.63) is 60.2 Å². The van der Waals surface area contributed by atoms with Gasteiger partial charge in [0.25, 0.3) is 11.8 Å². The highest BCUT2D eigenvalue weighted by molar-refractivity contribution is 6.22. The lowest BCUT2D eigenvalue weighted by molar-refractivity contribution is -0.152. The van der Waals surface area contributed by atoms with Crippen LogP contribution in [0.2, 0.25) is 0 Å². The number of nitrogens with zero attached hydrogens (tertiary/aromatic N) is 2. The fourth-order valence-corrected chi connectivity index (χ4v) is 4.31. The molecule has 0 bridgehead atoms. The zero-order valence-corrected chi connectivity index (χ0v) is 18.7. The molecule has 3 N–H and O–H groups in total. The number of para-hydroxylation sites is 1. The van der Waals surface area contributed by atoms with Crippen LogP contribution in [0.4, 0.5) is 4.79 Å². The number of barbiturate groups is 1. The first kappa shape index (κ1) is 23.9. The van der Waals surface area contributed by atoms with Crippen molar-refractivity contribution in [1.29, 1.82) is 0 Å². The van der Waals surface area contributed by atoms with E-state index in [0.29, 0.717) is 17.1 Å². The lowest BCUT2D eigenvalue weighted by Crippen LogP contribution is -2.73. The number of urea groups is 1. The molecule has 0 saturated carbocycles. The molecule has 2 saturated heterocycles. The van der Waals surface area contributed by atoms with Crippen LogP contribution in [-0.4, -0.2) is 70.8 Å². The number of hydrogen-bond donors (Lipinski definition) is 3. The Kier molecular flexibility index (Phi) is 6.78. The van der Waals surface area contributed by atoms with Crippen molar-refractivity contribution in [3.8, 4) is 11.5 Å². The third-order valence-electron chi connectivity index (χ3n) is 6.02. The quantitative estimate of drug-likeness (QED) is 0.499. The van der Waals surface area contributed by atoms with Gasteiger partial charge in [-0.15, -0.1) is 0 Å². The first-order valence-corrected chi connectivity index (χ1v) is 11.1. The second-order valence-electron chi connectivity index (χ2n) is 8.15. The van der Waals surface area contributed by atoms with Crippen LogP contribution >= 0.6 is 0 Å². The predicted molar refractivity (Wildman–Crippen MR) is 121 cm³/mol. The predicted octanol–water partition coefficient (Wildman–Crippen LogP) is 1.05. The van der Waals surface area contributed by atoms with E-state index in [4.69, 9.17) is 9.84 Å². The van der Waals surface area contributed by atoms with Gasteiger partial charge in [0.2, 0.25) is 11.4 Å². The Balaban J connectivity index is 1.57. The number of carbonyl (C=O) groups is 5. The van der Waals surface area contributed by atoms with E-state index in [2.05, 4.69) is 10.6 Å². The maximum Gasteiger partial charge on any atom is 0.328 e. The molecule has 0 aromatic heterocycles. The molecule has 0 unspecified atom stereocenters. The van der Waals surface area contributed by atoms with Crippen molar-refractivity contribution in [2.75, 3.05) is 26.2 Å². The number of benzene rings is 2. The topological polar surface area (TPSA) is 145 Å². The standard InChI is InChI=1S/C24H24N4O7/c29-19(10-11-20(30)31)27-12-14-28(15-13-27)24(21(32)25-23(34)26-22(24)33)16-6-8-18(9-7-16)35-17-4-2-1-3-5-17/h1-9H,10-15H2,(H,30,31)(H2,25,26,32,33,34). The van der Waals surface area contributed by atoms with Crippen molar-refractivity contribution in [1.82, 2.24) is 20.4 Å². The summed E-state index contributed by atoms with van der Waals surface area (Å²) in [4.78, 5) is 64.4. The van der Waals surface area contributed by atoms with Crippen molar-refractivity contribution >= 4 is 29.7 Å². The monoisotopic (exact) mass is 480 g/mol. The summed E-state index contributed by atoms with van der Waals surface area (Å²) in [6.45, 7) is 0.722. The minimum absolute atomic E-state index is 0.126. The average Bonchev–Trinajstić information content (AvgIpc) is 2.84. The number of hydrogen-bond acceptors (Lipinski definition) is 7. The van der Waals surface area contributed by atoms with Crippen LogP contribution in [0.15, 0.2) is 54.6 Å². The number of carbonyl (C=O) groups excluding carboxylic acids is 4. The SMILES string of the molecule is O=C(O)CCC(=O)N1CCN(C2(c3ccc(Oc4ccccc4)cc3)C(=O)NC(=O)NC2=O)CC1. The molecular formula is C24H24N4O7. The molecule has 0 radical (unpaired) electrons. The highest BCUT2D eigenvalue weighted by Crippen LogP contribution is 2.34. The number of carboxylic acids is 1. The summed E-state index contributed by atoms with van der Waals surface area (Å²) >= 11 is 0. The third kappa shape index (κ3) is 4.85. The zero-order valence-electron chi connectivity index (χ0n) is 18.7. The highest BCUT2D eigenvalue weighted by Gasteiger charge is 2.56. The number of rotatable bonds is 7. The molecule has 11 nitrogen and oxygen atoms in total. The van der Waals surface area contributed by atoms with Crippen LogP contribution in [0.3, 0.4) is 0 Å². The summed E-state index contributed by atoms with van der Waals surface area (Å²) < 4.78 is 5.80. The van der Waals surface area contributed by atoms with E-state index >= 15 is 0 Å². The zero-order chi connectivity index (χ0) is 25.0. The van der Waals surface area contributed by atoms with Gasteiger partial charge in [0.05, 0.1) is 6.42 Å².